The van der Waals surface area contributed by atoms with Gasteiger partial charge < -0.3 is 16.0 Å². The van der Waals surface area contributed by atoms with Crippen LogP contribution in [0.3, 0.4) is 0 Å². The third kappa shape index (κ3) is 5.39. The lowest BCUT2D eigenvalue weighted by Gasteiger charge is -2.18. The molecule has 5 nitrogen and oxygen atoms in total. The van der Waals surface area contributed by atoms with E-state index in [2.05, 4.69) is 16.0 Å². The predicted octanol–water partition coefficient (Wildman–Crippen LogP) is 1.98. The number of nitrogens with one attached hydrogen (secondary N) is 3. The molecule has 1 fully saturated rings. The van der Waals surface area contributed by atoms with Gasteiger partial charge >= 0.3 is 6.03 Å². The second-order valence-corrected chi connectivity index (χ2v) is 5.85. The summed E-state index contributed by atoms with van der Waals surface area (Å²) in [7, 11) is 0. The standard InChI is InChI=1S/C17H25N3O2/c1-13(16(21)20-15-9-5-6-10-15)19-17(22)18-12-11-14-7-3-2-4-8-14/h2-4,7-8,13,15H,5-6,9-12H2,1H3,(H,20,21)(H2,18,19,22). The van der Waals surface area contributed by atoms with Gasteiger partial charge in [-0.1, -0.05) is 43.2 Å². The first-order chi connectivity index (χ1) is 10.6. The Morgan fingerprint density at radius 3 is 2.55 bits per heavy atom. The van der Waals surface area contributed by atoms with Crippen molar-refractivity contribution in [3.63, 3.8) is 0 Å². The highest BCUT2D eigenvalue weighted by atomic mass is 16.2. The van der Waals surface area contributed by atoms with Crippen LogP contribution in [0.1, 0.15) is 38.2 Å². The Hall–Kier alpha value is -2.04. The van der Waals surface area contributed by atoms with Crippen molar-refractivity contribution < 1.29 is 9.59 Å². The Morgan fingerprint density at radius 1 is 1.18 bits per heavy atom. The maximum absolute atomic E-state index is 12.0. The number of rotatable bonds is 6. The second-order valence-electron chi connectivity index (χ2n) is 5.85. The highest BCUT2D eigenvalue weighted by Crippen LogP contribution is 2.17. The number of benzene rings is 1. The number of carbonyl (C=O) groups excluding carboxylic acids is 2. The summed E-state index contributed by atoms with van der Waals surface area (Å²) in [4.78, 5) is 23.8. The molecule has 1 aromatic rings. The topological polar surface area (TPSA) is 70.2 Å². The van der Waals surface area contributed by atoms with Crippen LogP contribution in [-0.2, 0) is 11.2 Å². The number of hydrogen-bond acceptors (Lipinski definition) is 2. The van der Waals surface area contributed by atoms with Crippen LogP contribution >= 0.6 is 0 Å². The molecule has 0 radical (unpaired) electrons. The van der Waals surface area contributed by atoms with E-state index in [0.29, 0.717) is 6.54 Å². The van der Waals surface area contributed by atoms with Gasteiger partial charge in [-0.25, -0.2) is 4.79 Å². The summed E-state index contributed by atoms with van der Waals surface area (Å²) in [6.45, 7) is 2.26. The molecular formula is C17H25N3O2. The van der Waals surface area contributed by atoms with Crippen molar-refractivity contribution in [1.82, 2.24) is 16.0 Å². The van der Waals surface area contributed by atoms with E-state index in [9.17, 15) is 9.59 Å². The molecule has 22 heavy (non-hydrogen) atoms. The molecule has 120 valence electrons. The summed E-state index contributed by atoms with van der Waals surface area (Å²) < 4.78 is 0. The molecule has 0 bridgehead atoms. The van der Waals surface area contributed by atoms with Gasteiger partial charge in [-0.15, -0.1) is 0 Å². The molecule has 1 saturated carbocycles. The third-order valence-electron chi connectivity index (χ3n) is 3.98. The molecule has 1 aliphatic carbocycles. The van der Waals surface area contributed by atoms with E-state index >= 15 is 0 Å². The first-order valence-corrected chi connectivity index (χ1v) is 8.04. The Bertz CT molecular complexity index is 484. The van der Waals surface area contributed by atoms with Gasteiger partial charge in [0.05, 0.1) is 0 Å². The van der Waals surface area contributed by atoms with Crippen molar-refractivity contribution in [3.05, 3.63) is 35.9 Å². The van der Waals surface area contributed by atoms with Crippen molar-refractivity contribution >= 4 is 11.9 Å². The number of urea groups is 1. The van der Waals surface area contributed by atoms with Gasteiger partial charge in [-0.3, -0.25) is 4.79 Å². The van der Waals surface area contributed by atoms with Crippen LogP contribution < -0.4 is 16.0 Å². The van der Waals surface area contributed by atoms with Crippen LogP contribution in [0.4, 0.5) is 4.79 Å². The van der Waals surface area contributed by atoms with Crippen LogP contribution in [0.15, 0.2) is 30.3 Å². The number of amides is 3. The highest BCUT2D eigenvalue weighted by molar-refractivity contribution is 5.86. The second kappa shape index (κ2) is 8.41. The molecule has 2 rings (SSSR count). The van der Waals surface area contributed by atoms with E-state index in [1.165, 1.54) is 18.4 Å². The van der Waals surface area contributed by atoms with Crippen molar-refractivity contribution in [1.29, 1.82) is 0 Å². The molecule has 1 aromatic carbocycles. The van der Waals surface area contributed by atoms with Gasteiger partial charge in [0.25, 0.3) is 0 Å². The maximum Gasteiger partial charge on any atom is 0.315 e. The maximum atomic E-state index is 12.0. The molecule has 0 saturated heterocycles. The average Bonchev–Trinajstić information content (AvgIpc) is 3.01. The molecule has 1 atom stereocenters. The fourth-order valence-corrected chi connectivity index (χ4v) is 2.67. The van der Waals surface area contributed by atoms with Crippen LogP contribution in [-0.4, -0.2) is 30.6 Å². The van der Waals surface area contributed by atoms with Gasteiger partial charge in [0, 0.05) is 12.6 Å². The summed E-state index contributed by atoms with van der Waals surface area (Å²) in [6, 6.07) is 9.43. The van der Waals surface area contributed by atoms with Gasteiger partial charge in [0.15, 0.2) is 0 Å². The molecule has 3 amide bonds. The van der Waals surface area contributed by atoms with Gasteiger partial charge in [0.1, 0.15) is 6.04 Å². The summed E-state index contributed by atoms with van der Waals surface area (Å²) >= 11 is 0. The predicted molar refractivity (Wildman–Crippen MR) is 86.5 cm³/mol. The van der Waals surface area contributed by atoms with E-state index < -0.39 is 6.04 Å². The summed E-state index contributed by atoms with van der Waals surface area (Å²) in [5.41, 5.74) is 1.18. The summed E-state index contributed by atoms with van der Waals surface area (Å²) in [6.07, 6.45) is 5.21. The molecule has 0 aliphatic heterocycles. The van der Waals surface area contributed by atoms with Crippen molar-refractivity contribution in [2.45, 2.75) is 51.1 Å². The molecule has 5 heteroatoms. The Balaban J connectivity index is 1.64. The van der Waals surface area contributed by atoms with E-state index in [1.807, 2.05) is 30.3 Å². The van der Waals surface area contributed by atoms with Gasteiger partial charge in [-0.05, 0) is 31.7 Å². The lowest BCUT2D eigenvalue weighted by atomic mass is 10.1. The SMILES string of the molecule is CC(NC(=O)NCCc1ccccc1)C(=O)NC1CCCC1. The van der Waals surface area contributed by atoms with E-state index in [1.54, 1.807) is 6.92 Å². The van der Waals surface area contributed by atoms with Crippen LogP contribution in [0.25, 0.3) is 0 Å². The normalized spacial score (nSPS) is 16.0. The fourth-order valence-electron chi connectivity index (χ4n) is 2.67. The third-order valence-corrected chi connectivity index (χ3v) is 3.98. The number of hydrogen-bond donors (Lipinski definition) is 3. The van der Waals surface area contributed by atoms with Crippen LogP contribution in [0, 0.1) is 0 Å². The summed E-state index contributed by atoms with van der Waals surface area (Å²) in [5, 5.41) is 8.44. The molecule has 1 unspecified atom stereocenters. The first kappa shape index (κ1) is 16.3. The van der Waals surface area contributed by atoms with E-state index in [0.717, 1.165) is 19.3 Å². The summed E-state index contributed by atoms with van der Waals surface area (Å²) in [5.74, 6) is -0.106. The Morgan fingerprint density at radius 2 is 1.86 bits per heavy atom. The average molecular weight is 303 g/mol. The van der Waals surface area contributed by atoms with E-state index in [4.69, 9.17) is 0 Å². The minimum Gasteiger partial charge on any atom is -0.352 e. The minimum atomic E-state index is -0.516. The van der Waals surface area contributed by atoms with Crippen LogP contribution in [0.5, 0.6) is 0 Å². The fraction of sp³-hybridized carbons (Fsp3) is 0.529. The monoisotopic (exact) mass is 303 g/mol. The molecule has 3 N–H and O–H groups in total. The lowest BCUT2D eigenvalue weighted by molar-refractivity contribution is -0.123. The smallest absolute Gasteiger partial charge is 0.315 e. The Kier molecular flexibility index (Phi) is 6.25. The molecule has 0 heterocycles. The zero-order valence-corrected chi connectivity index (χ0v) is 13.1. The zero-order valence-electron chi connectivity index (χ0n) is 13.1. The van der Waals surface area contributed by atoms with E-state index in [-0.39, 0.29) is 18.0 Å². The molecular weight excluding hydrogens is 278 g/mol. The van der Waals surface area contributed by atoms with Crippen molar-refractivity contribution in [3.8, 4) is 0 Å². The minimum absolute atomic E-state index is 0.106. The molecule has 1 aliphatic rings. The molecule has 0 spiro atoms. The lowest BCUT2D eigenvalue weighted by Crippen LogP contribution is -2.50. The van der Waals surface area contributed by atoms with Gasteiger partial charge in [0.2, 0.25) is 5.91 Å². The van der Waals surface area contributed by atoms with Crippen molar-refractivity contribution in [2.24, 2.45) is 0 Å². The largest absolute Gasteiger partial charge is 0.352 e. The Labute approximate surface area is 131 Å². The van der Waals surface area contributed by atoms with Crippen molar-refractivity contribution in [2.75, 3.05) is 6.54 Å². The quantitative estimate of drug-likeness (QED) is 0.752. The number of carbonyl (C=O) groups is 2. The molecule has 0 aromatic heterocycles. The highest BCUT2D eigenvalue weighted by Gasteiger charge is 2.21. The first-order valence-electron chi connectivity index (χ1n) is 8.04. The zero-order chi connectivity index (χ0) is 15.8. The van der Waals surface area contributed by atoms with Crippen LogP contribution in [0.2, 0.25) is 0 Å². The van der Waals surface area contributed by atoms with Gasteiger partial charge in [-0.2, -0.15) is 0 Å².